The van der Waals surface area contributed by atoms with Gasteiger partial charge in [0, 0.05) is 11.1 Å². The molecule has 1 N–H and O–H groups in total. The lowest BCUT2D eigenvalue weighted by atomic mass is 10.1. The van der Waals surface area contributed by atoms with Gasteiger partial charge in [-0.05, 0) is 56.3 Å². The minimum atomic E-state index is -1.05. The van der Waals surface area contributed by atoms with Gasteiger partial charge in [0.05, 0.1) is 6.61 Å². The zero-order valence-corrected chi connectivity index (χ0v) is 14.1. The molecule has 0 aliphatic carbocycles. The molecule has 5 heteroatoms. The van der Waals surface area contributed by atoms with E-state index in [0.29, 0.717) is 17.9 Å². The van der Waals surface area contributed by atoms with E-state index in [1.165, 1.54) is 13.0 Å². The average Bonchev–Trinajstić information content (AvgIpc) is 2.61. The molecule has 130 valence electrons. The van der Waals surface area contributed by atoms with E-state index in [-0.39, 0.29) is 5.78 Å². The van der Waals surface area contributed by atoms with Crippen LogP contribution in [0.1, 0.15) is 29.8 Å². The molecule has 1 atom stereocenters. The molecular formula is C20H20O5. The minimum Gasteiger partial charge on any atom is -0.493 e. The predicted molar refractivity (Wildman–Crippen MR) is 95.1 cm³/mol. The summed E-state index contributed by atoms with van der Waals surface area (Å²) in [6.45, 7) is 3.90. The zero-order chi connectivity index (χ0) is 18.2. The molecule has 0 radical (unpaired) electrons. The van der Waals surface area contributed by atoms with Gasteiger partial charge < -0.3 is 14.6 Å². The highest BCUT2D eigenvalue weighted by Gasteiger charge is 2.12. The summed E-state index contributed by atoms with van der Waals surface area (Å²) in [7, 11) is 0. The average molecular weight is 340 g/mol. The molecule has 0 bridgehead atoms. The van der Waals surface area contributed by atoms with Gasteiger partial charge in [-0.25, -0.2) is 4.79 Å². The van der Waals surface area contributed by atoms with Crippen molar-refractivity contribution in [3.63, 3.8) is 0 Å². The number of hydrogen-bond acceptors (Lipinski definition) is 4. The predicted octanol–water partition coefficient (Wildman–Crippen LogP) is 3.83. The molecule has 0 fully saturated rings. The zero-order valence-electron chi connectivity index (χ0n) is 14.1. The number of carbonyl (C=O) groups excluding carboxylic acids is 1. The van der Waals surface area contributed by atoms with Gasteiger partial charge in [-0.1, -0.05) is 18.2 Å². The van der Waals surface area contributed by atoms with Crippen LogP contribution in [0.2, 0.25) is 0 Å². The van der Waals surface area contributed by atoms with Gasteiger partial charge in [0.2, 0.25) is 0 Å². The molecule has 2 aromatic carbocycles. The number of benzene rings is 2. The maximum absolute atomic E-state index is 12.3. The van der Waals surface area contributed by atoms with Crippen LogP contribution in [0.5, 0.6) is 11.5 Å². The van der Waals surface area contributed by atoms with Gasteiger partial charge >= 0.3 is 5.97 Å². The van der Waals surface area contributed by atoms with Gasteiger partial charge in [-0.15, -0.1) is 0 Å². The summed E-state index contributed by atoms with van der Waals surface area (Å²) < 4.78 is 10.8. The fourth-order valence-corrected chi connectivity index (χ4v) is 2.12. The van der Waals surface area contributed by atoms with E-state index in [1.807, 2.05) is 31.2 Å². The van der Waals surface area contributed by atoms with E-state index in [4.69, 9.17) is 14.6 Å². The van der Waals surface area contributed by atoms with Crippen LogP contribution in [0.3, 0.4) is 0 Å². The second kappa shape index (κ2) is 8.68. The number of carboxylic acid groups (broad SMARTS) is 1. The minimum absolute atomic E-state index is 0.163. The van der Waals surface area contributed by atoms with Crippen molar-refractivity contribution in [1.29, 1.82) is 0 Å². The van der Waals surface area contributed by atoms with Crippen LogP contribution < -0.4 is 9.47 Å². The van der Waals surface area contributed by atoms with Crippen molar-refractivity contribution in [3.8, 4) is 11.5 Å². The molecule has 25 heavy (non-hydrogen) atoms. The maximum atomic E-state index is 12.3. The molecule has 2 rings (SSSR count). The first-order chi connectivity index (χ1) is 12.0. The fraction of sp³-hybridized carbons (Fsp3) is 0.200. The monoisotopic (exact) mass is 340 g/mol. The molecule has 0 unspecified atom stereocenters. The van der Waals surface area contributed by atoms with Crippen molar-refractivity contribution in [3.05, 3.63) is 65.7 Å². The Morgan fingerprint density at radius 1 is 1.12 bits per heavy atom. The molecule has 0 heterocycles. The van der Waals surface area contributed by atoms with Crippen LogP contribution >= 0.6 is 0 Å². The lowest BCUT2D eigenvalue weighted by Crippen LogP contribution is -2.22. The van der Waals surface area contributed by atoms with Crippen molar-refractivity contribution in [1.82, 2.24) is 0 Å². The SMILES string of the molecule is CCOc1ccccc1/C=C/C(=O)c1ccc(O[C@H](C)C(=O)O)cc1. The van der Waals surface area contributed by atoms with Crippen molar-refractivity contribution in [2.75, 3.05) is 6.61 Å². The highest BCUT2D eigenvalue weighted by molar-refractivity contribution is 6.07. The van der Waals surface area contributed by atoms with Crippen LogP contribution in [0.4, 0.5) is 0 Å². The van der Waals surface area contributed by atoms with Gasteiger partial charge in [0.25, 0.3) is 0 Å². The standard InChI is InChI=1S/C20H20O5/c1-3-24-19-7-5-4-6-16(19)10-13-18(21)15-8-11-17(12-9-15)25-14(2)20(22)23/h4-14H,3H2,1-2H3,(H,22,23)/b13-10+/t14-/m1/s1. The van der Waals surface area contributed by atoms with Crippen LogP contribution in [0.25, 0.3) is 6.08 Å². The van der Waals surface area contributed by atoms with Crippen molar-refractivity contribution in [2.45, 2.75) is 20.0 Å². The van der Waals surface area contributed by atoms with Crippen LogP contribution in [-0.4, -0.2) is 29.6 Å². The first-order valence-electron chi connectivity index (χ1n) is 7.95. The van der Waals surface area contributed by atoms with Crippen LogP contribution in [-0.2, 0) is 4.79 Å². The molecule has 0 saturated heterocycles. The van der Waals surface area contributed by atoms with E-state index in [1.54, 1.807) is 30.3 Å². The number of carboxylic acids is 1. The maximum Gasteiger partial charge on any atom is 0.344 e. The Morgan fingerprint density at radius 2 is 1.80 bits per heavy atom. The van der Waals surface area contributed by atoms with Gasteiger partial charge in [-0.2, -0.15) is 0 Å². The number of ether oxygens (including phenoxy) is 2. The van der Waals surface area contributed by atoms with E-state index >= 15 is 0 Å². The molecule has 0 aliphatic rings. The van der Waals surface area contributed by atoms with Gasteiger partial charge in [0.15, 0.2) is 11.9 Å². The Kier molecular flexibility index (Phi) is 6.34. The molecule has 0 aliphatic heterocycles. The second-order valence-corrected chi connectivity index (χ2v) is 5.29. The third-order valence-electron chi connectivity index (χ3n) is 3.43. The number of allylic oxidation sites excluding steroid dienone is 1. The van der Waals surface area contributed by atoms with E-state index < -0.39 is 12.1 Å². The fourth-order valence-electron chi connectivity index (χ4n) is 2.12. The first-order valence-corrected chi connectivity index (χ1v) is 7.95. The second-order valence-electron chi connectivity index (χ2n) is 5.29. The topological polar surface area (TPSA) is 72.8 Å². The summed E-state index contributed by atoms with van der Waals surface area (Å²) in [5, 5.41) is 8.83. The number of aliphatic carboxylic acids is 1. The lowest BCUT2D eigenvalue weighted by molar-refractivity contribution is -0.144. The molecule has 0 amide bonds. The number of rotatable bonds is 8. The summed E-state index contributed by atoms with van der Waals surface area (Å²) in [6, 6.07) is 13.8. The Balaban J connectivity index is 2.07. The first kappa shape index (κ1) is 18.3. The number of carbonyl (C=O) groups is 2. The quantitative estimate of drug-likeness (QED) is 0.584. The van der Waals surface area contributed by atoms with Crippen LogP contribution in [0.15, 0.2) is 54.6 Å². The Bertz CT molecular complexity index is 762. The number of hydrogen-bond donors (Lipinski definition) is 1. The summed E-state index contributed by atoms with van der Waals surface area (Å²) in [5.41, 5.74) is 1.31. The third kappa shape index (κ3) is 5.21. The third-order valence-corrected chi connectivity index (χ3v) is 3.43. The summed E-state index contributed by atoms with van der Waals surface area (Å²) in [6.07, 6.45) is 2.24. The lowest BCUT2D eigenvalue weighted by Gasteiger charge is -2.10. The normalized spacial score (nSPS) is 11.9. The van der Waals surface area contributed by atoms with Gasteiger partial charge in [-0.3, -0.25) is 4.79 Å². The smallest absolute Gasteiger partial charge is 0.344 e. The van der Waals surface area contributed by atoms with Crippen molar-refractivity contribution in [2.24, 2.45) is 0 Å². The Hall–Kier alpha value is -3.08. The van der Waals surface area contributed by atoms with E-state index in [2.05, 4.69) is 0 Å². The molecular weight excluding hydrogens is 320 g/mol. The summed E-state index contributed by atoms with van der Waals surface area (Å²) in [4.78, 5) is 23.0. The van der Waals surface area contributed by atoms with Crippen LogP contribution in [0, 0.1) is 0 Å². The summed E-state index contributed by atoms with van der Waals surface area (Å²) >= 11 is 0. The van der Waals surface area contributed by atoms with Gasteiger partial charge in [0.1, 0.15) is 11.5 Å². The molecule has 0 spiro atoms. The highest BCUT2D eigenvalue weighted by Crippen LogP contribution is 2.20. The molecule has 5 nitrogen and oxygen atoms in total. The van der Waals surface area contributed by atoms with E-state index in [0.717, 1.165) is 11.3 Å². The molecule has 2 aromatic rings. The number of para-hydroxylation sites is 1. The Labute approximate surface area is 146 Å². The number of ketones is 1. The van der Waals surface area contributed by atoms with Crippen molar-refractivity contribution >= 4 is 17.8 Å². The Morgan fingerprint density at radius 3 is 2.44 bits per heavy atom. The van der Waals surface area contributed by atoms with Crippen molar-refractivity contribution < 1.29 is 24.2 Å². The molecule has 0 aromatic heterocycles. The molecule has 0 saturated carbocycles. The highest BCUT2D eigenvalue weighted by atomic mass is 16.5. The largest absolute Gasteiger partial charge is 0.493 e. The van der Waals surface area contributed by atoms with E-state index in [9.17, 15) is 9.59 Å². The summed E-state index contributed by atoms with van der Waals surface area (Å²) in [5.74, 6) is -0.0854.